The summed E-state index contributed by atoms with van der Waals surface area (Å²) in [5.74, 6) is -2.47. The van der Waals surface area contributed by atoms with Crippen LogP contribution in [0, 0.1) is 11.6 Å². The minimum Gasteiger partial charge on any atom is -0.480 e. The first-order valence-electron chi connectivity index (χ1n) is 5.97. The highest BCUT2D eigenvalue weighted by atomic mass is 32.2. The summed E-state index contributed by atoms with van der Waals surface area (Å²) in [7, 11) is -4.19. The second-order valence-corrected chi connectivity index (χ2v) is 5.74. The summed E-state index contributed by atoms with van der Waals surface area (Å²) in [6.07, 6.45) is 3.24. The summed E-state index contributed by atoms with van der Waals surface area (Å²) in [4.78, 5) is 3.34. The van der Waals surface area contributed by atoms with E-state index in [0.717, 1.165) is 0 Å². The topological polar surface area (TPSA) is 87.2 Å². The number of imidazole rings is 1. The average molecular weight is 317 g/mol. The van der Waals surface area contributed by atoms with Crippen LogP contribution in [0.2, 0.25) is 0 Å². The van der Waals surface area contributed by atoms with Gasteiger partial charge in [0.15, 0.2) is 17.4 Å². The highest BCUT2D eigenvalue weighted by Gasteiger charge is 2.18. The third kappa shape index (κ3) is 3.37. The van der Waals surface area contributed by atoms with E-state index in [2.05, 4.69) is 4.98 Å². The fourth-order valence-corrected chi connectivity index (χ4v) is 2.28. The number of rotatable bonds is 5. The molecule has 0 fully saturated rings. The van der Waals surface area contributed by atoms with Crippen molar-refractivity contribution in [2.45, 2.75) is 25.0 Å². The number of halogens is 2. The van der Waals surface area contributed by atoms with Crippen molar-refractivity contribution in [2.75, 3.05) is 0 Å². The molecule has 2 aromatic rings. The van der Waals surface area contributed by atoms with E-state index in [1.807, 2.05) is 6.92 Å². The third-order valence-corrected chi connectivity index (χ3v) is 3.68. The van der Waals surface area contributed by atoms with Gasteiger partial charge in [0.1, 0.15) is 12.4 Å². The Labute approximate surface area is 120 Å². The fraction of sp³-hybridized carbons (Fsp3) is 0.250. The molecule has 1 heterocycles. The lowest BCUT2D eigenvalue weighted by molar-refractivity contribution is 0.260. The van der Waals surface area contributed by atoms with Gasteiger partial charge in [0.25, 0.3) is 0 Å². The number of aryl methyl sites for hydroxylation is 1. The van der Waals surface area contributed by atoms with E-state index < -0.39 is 32.3 Å². The van der Waals surface area contributed by atoms with Crippen LogP contribution in [0.1, 0.15) is 12.7 Å². The Balaban J connectivity index is 2.25. The molecular weight excluding hydrogens is 304 g/mol. The number of nitrogens with two attached hydrogens (primary N) is 1. The molecule has 0 aliphatic carbocycles. The molecule has 9 heteroatoms. The van der Waals surface area contributed by atoms with Crippen LogP contribution in [0.15, 0.2) is 29.4 Å². The maximum atomic E-state index is 13.7. The molecule has 1 aromatic heterocycles. The number of benzene rings is 1. The Morgan fingerprint density at radius 1 is 1.33 bits per heavy atom. The lowest BCUT2D eigenvalue weighted by Crippen LogP contribution is -2.13. The van der Waals surface area contributed by atoms with Gasteiger partial charge in [-0.15, -0.1) is 0 Å². The first-order valence-corrected chi connectivity index (χ1v) is 7.52. The average Bonchev–Trinajstić information content (AvgIpc) is 2.84. The molecule has 0 atom stereocenters. The first-order chi connectivity index (χ1) is 9.82. The molecule has 0 amide bonds. The van der Waals surface area contributed by atoms with Gasteiger partial charge in [-0.2, -0.15) is 0 Å². The highest BCUT2D eigenvalue weighted by molar-refractivity contribution is 7.89. The molecule has 0 aliphatic heterocycles. The van der Waals surface area contributed by atoms with E-state index in [0.29, 0.717) is 24.5 Å². The standard InChI is InChI=1S/C12H13F2N3O3S/c1-2-17-4-3-16-11(17)7-20-12-9(13)5-8(6-10(12)14)21(15,18)19/h3-6H,2,7H2,1H3,(H2,15,18,19). The van der Waals surface area contributed by atoms with Gasteiger partial charge in [0, 0.05) is 18.9 Å². The van der Waals surface area contributed by atoms with Crippen molar-refractivity contribution >= 4 is 10.0 Å². The summed E-state index contributed by atoms with van der Waals surface area (Å²) < 4.78 is 56.4. The van der Waals surface area contributed by atoms with E-state index in [9.17, 15) is 17.2 Å². The van der Waals surface area contributed by atoms with Crippen molar-refractivity contribution in [1.29, 1.82) is 0 Å². The van der Waals surface area contributed by atoms with Crippen LogP contribution in [0.25, 0.3) is 0 Å². The molecule has 0 saturated carbocycles. The maximum absolute atomic E-state index is 13.7. The lowest BCUT2D eigenvalue weighted by atomic mass is 10.3. The summed E-state index contributed by atoms with van der Waals surface area (Å²) >= 11 is 0. The van der Waals surface area contributed by atoms with Gasteiger partial charge in [0.2, 0.25) is 10.0 Å². The van der Waals surface area contributed by atoms with Gasteiger partial charge >= 0.3 is 0 Å². The summed E-state index contributed by atoms with van der Waals surface area (Å²) in [5, 5.41) is 4.82. The van der Waals surface area contributed by atoms with Gasteiger partial charge in [-0.25, -0.2) is 27.3 Å². The highest BCUT2D eigenvalue weighted by Crippen LogP contribution is 2.25. The smallest absolute Gasteiger partial charge is 0.238 e. The van der Waals surface area contributed by atoms with E-state index in [4.69, 9.17) is 9.88 Å². The van der Waals surface area contributed by atoms with Gasteiger partial charge in [-0.05, 0) is 19.1 Å². The maximum Gasteiger partial charge on any atom is 0.238 e. The predicted octanol–water partition coefficient (Wildman–Crippen LogP) is 1.41. The van der Waals surface area contributed by atoms with Crippen molar-refractivity contribution in [3.05, 3.63) is 42.0 Å². The zero-order valence-corrected chi connectivity index (χ0v) is 11.9. The molecule has 0 spiro atoms. The number of hydrogen-bond acceptors (Lipinski definition) is 4. The molecule has 2 N–H and O–H groups in total. The molecule has 1 aromatic carbocycles. The van der Waals surface area contributed by atoms with Crippen molar-refractivity contribution < 1.29 is 21.9 Å². The van der Waals surface area contributed by atoms with Crippen LogP contribution in [-0.4, -0.2) is 18.0 Å². The molecule has 6 nitrogen and oxygen atoms in total. The summed E-state index contributed by atoms with van der Waals surface area (Å²) in [6, 6.07) is 1.22. The van der Waals surface area contributed by atoms with Crippen LogP contribution in [0.4, 0.5) is 8.78 Å². The number of hydrogen-bond donors (Lipinski definition) is 1. The van der Waals surface area contributed by atoms with Gasteiger partial charge in [-0.1, -0.05) is 0 Å². The molecule has 2 rings (SSSR count). The van der Waals surface area contributed by atoms with Crippen molar-refractivity contribution in [3.63, 3.8) is 0 Å². The van der Waals surface area contributed by atoms with Crippen LogP contribution in [0.5, 0.6) is 5.75 Å². The van der Waals surface area contributed by atoms with Crippen molar-refractivity contribution in [1.82, 2.24) is 9.55 Å². The minimum absolute atomic E-state index is 0.149. The minimum atomic E-state index is -4.19. The van der Waals surface area contributed by atoms with Crippen LogP contribution < -0.4 is 9.88 Å². The number of ether oxygens (including phenoxy) is 1. The molecule has 114 valence electrons. The summed E-state index contributed by atoms with van der Waals surface area (Å²) in [5.41, 5.74) is 0. The molecule has 0 aliphatic rings. The van der Waals surface area contributed by atoms with Crippen molar-refractivity contribution in [3.8, 4) is 5.75 Å². The Bertz CT molecular complexity index is 736. The van der Waals surface area contributed by atoms with Gasteiger partial charge in [0.05, 0.1) is 4.90 Å². The molecular formula is C12H13F2N3O3S. The number of nitrogens with zero attached hydrogens (tertiary/aromatic N) is 2. The Morgan fingerprint density at radius 2 is 1.95 bits per heavy atom. The first kappa shape index (κ1) is 15.4. The van der Waals surface area contributed by atoms with Crippen LogP contribution in [-0.2, 0) is 23.2 Å². The monoisotopic (exact) mass is 317 g/mol. The second kappa shape index (κ2) is 5.78. The quantitative estimate of drug-likeness (QED) is 0.903. The zero-order chi connectivity index (χ0) is 15.6. The molecule has 0 radical (unpaired) electrons. The molecule has 0 bridgehead atoms. The lowest BCUT2D eigenvalue weighted by Gasteiger charge is -2.10. The van der Waals surface area contributed by atoms with Crippen LogP contribution in [0.3, 0.4) is 0 Å². The second-order valence-electron chi connectivity index (χ2n) is 4.18. The Morgan fingerprint density at radius 3 is 2.48 bits per heavy atom. The van der Waals surface area contributed by atoms with Gasteiger partial charge < -0.3 is 9.30 Å². The molecule has 0 saturated heterocycles. The van der Waals surface area contributed by atoms with E-state index >= 15 is 0 Å². The Kier molecular flexibility index (Phi) is 4.24. The fourth-order valence-electron chi connectivity index (χ4n) is 1.74. The SMILES string of the molecule is CCn1ccnc1COc1c(F)cc(S(N)(=O)=O)cc1F. The number of primary sulfonamides is 1. The largest absolute Gasteiger partial charge is 0.480 e. The third-order valence-electron chi connectivity index (χ3n) is 2.79. The number of sulfonamides is 1. The Hall–Kier alpha value is -2.00. The predicted molar refractivity (Wildman–Crippen MR) is 70.0 cm³/mol. The zero-order valence-electron chi connectivity index (χ0n) is 11.1. The van der Waals surface area contributed by atoms with Crippen molar-refractivity contribution in [2.24, 2.45) is 5.14 Å². The van der Waals surface area contributed by atoms with Gasteiger partial charge in [-0.3, -0.25) is 0 Å². The summed E-state index contributed by atoms with van der Waals surface area (Å²) in [6.45, 7) is 2.37. The number of aromatic nitrogens is 2. The normalized spacial score (nSPS) is 11.6. The van der Waals surface area contributed by atoms with E-state index in [1.54, 1.807) is 17.0 Å². The van der Waals surface area contributed by atoms with E-state index in [1.165, 1.54) is 0 Å². The molecule has 21 heavy (non-hydrogen) atoms. The van der Waals surface area contributed by atoms with E-state index in [-0.39, 0.29) is 6.61 Å². The van der Waals surface area contributed by atoms with Crippen LogP contribution >= 0.6 is 0 Å². The molecule has 0 unspecified atom stereocenters.